The minimum Gasteiger partial charge on any atom is -0.311 e. The summed E-state index contributed by atoms with van der Waals surface area (Å²) < 4.78 is 0. The summed E-state index contributed by atoms with van der Waals surface area (Å²) in [7, 11) is -2.73. The van der Waals surface area contributed by atoms with Crippen molar-refractivity contribution in [3.63, 3.8) is 0 Å². The molecule has 2 aliphatic heterocycles. The number of para-hydroxylation sites is 4. The molecule has 3 heteroatoms. The van der Waals surface area contributed by atoms with Gasteiger partial charge in [0.1, 0.15) is 0 Å². The lowest BCUT2D eigenvalue weighted by Crippen LogP contribution is -2.77. The first-order valence-corrected chi connectivity index (χ1v) is 25.0. The maximum Gasteiger partial charge on any atom is 0.184 e. The smallest absolute Gasteiger partial charge is 0.184 e. The molecule has 2 nitrogen and oxygen atoms in total. The highest BCUT2D eigenvalue weighted by molar-refractivity contribution is 7.21. The normalized spacial score (nSPS) is 14.1. The number of anilines is 6. The van der Waals surface area contributed by atoms with Crippen LogP contribution in [0.25, 0.3) is 11.1 Å². The number of fused-ring (bicyclic) bond motifs is 4. The van der Waals surface area contributed by atoms with Crippen LogP contribution in [0, 0.1) is 13.8 Å². The van der Waals surface area contributed by atoms with Crippen LogP contribution in [0.4, 0.5) is 34.1 Å². The molecule has 0 spiro atoms. The molecule has 2 heterocycles. The zero-order valence-electron chi connectivity index (χ0n) is 37.1. The van der Waals surface area contributed by atoms with Gasteiger partial charge in [-0.15, -0.1) is 0 Å². The van der Waals surface area contributed by atoms with Gasteiger partial charge in [0, 0.05) is 22.7 Å². The summed E-state index contributed by atoms with van der Waals surface area (Å²) in [6.07, 6.45) is 0. The molecule has 0 aliphatic carbocycles. The highest BCUT2D eigenvalue weighted by atomic mass is 28.3. The average molecular weight is 861 g/mol. The van der Waals surface area contributed by atoms with Crippen LogP contribution in [0.1, 0.15) is 33.4 Å². The van der Waals surface area contributed by atoms with Crippen LogP contribution in [0.3, 0.4) is 0 Å². The van der Waals surface area contributed by atoms with E-state index in [0.29, 0.717) is 0 Å². The second-order valence-electron chi connectivity index (χ2n) is 17.7. The van der Waals surface area contributed by atoms with Crippen molar-refractivity contribution in [3.8, 4) is 11.1 Å². The zero-order chi connectivity index (χ0) is 44.2. The molecule has 12 rings (SSSR count). The summed E-state index contributed by atoms with van der Waals surface area (Å²) in [4.78, 5) is 5.01. The van der Waals surface area contributed by atoms with E-state index in [1.807, 2.05) is 0 Å². The Balaban J connectivity index is 1.04. The Morgan fingerprint density at radius 1 is 0.318 bits per heavy atom. The highest BCUT2D eigenvalue weighted by Crippen LogP contribution is 2.58. The van der Waals surface area contributed by atoms with Gasteiger partial charge in [0.15, 0.2) is 8.07 Å². The number of nitrogens with zero attached hydrogens (tertiary/aromatic N) is 2. The average Bonchev–Trinajstić information content (AvgIpc) is 3.39. The van der Waals surface area contributed by atoms with Gasteiger partial charge in [0.2, 0.25) is 0 Å². The van der Waals surface area contributed by atoms with Crippen LogP contribution in [0.15, 0.2) is 255 Å². The van der Waals surface area contributed by atoms with E-state index in [1.54, 1.807) is 0 Å². The first kappa shape index (κ1) is 39.6. The van der Waals surface area contributed by atoms with Crippen molar-refractivity contribution in [2.45, 2.75) is 19.3 Å². The van der Waals surface area contributed by atoms with Gasteiger partial charge in [-0.1, -0.05) is 206 Å². The van der Waals surface area contributed by atoms with Gasteiger partial charge in [-0.2, -0.15) is 0 Å². The minimum absolute atomic E-state index is 0.521. The number of hydrogen-bond donors (Lipinski definition) is 0. The maximum absolute atomic E-state index is 2.73. The predicted octanol–water partition coefficient (Wildman–Crippen LogP) is 13.3. The van der Waals surface area contributed by atoms with Gasteiger partial charge < -0.3 is 9.80 Å². The summed E-state index contributed by atoms with van der Waals surface area (Å²) in [5.74, 6) is 0. The Bertz CT molecular complexity index is 2990. The Kier molecular flexibility index (Phi) is 9.55. The monoisotopic (exact) mass is 860 g/mol. The van der Waals surface area contributed by atoms with Crippen molar-refractivity contribution in [3.05, 3.63) is 288 Å². The summed E-state index contributed by atoms with van der Waals surface area (Å²) in [5, 5.41) is 5.56. The third-order valence-electron chi connectivity index (χ3n) is 14.3. The summed E-state index contributed by atoms with van der Waals surface area (Å²) in [6.45, 7) is 4.51. The second-order valence-corrected chi connectivity index (χ2v) is 21.4. The molecule has 2 aliphatic rings. The molecule has 0 atom stereocenters. The van der Waals surface area contributed by atoms with E-state index in [1.165, 1.54) is 88.0 Å². The Morgan fingerprint density at radius 3 is 1.08 bits per heavy atom. The Hall–Kier alpha value is -7.98. The van der Waals surface area contributed by atoms with Gasteiger partial charge in [0.05, 0.1) is 16.8 Å². The molecule has 0 bridgehead atoms. The van der Waals surface area contributed by atoms with Crippen molar-refractivity contribution in [1.29, 1.82) is 0 Å². The predicted molar refractivity (Wildman–Crippen MR) is 280 cm³/mol. The number of hydrogen-bond acceptors (Lipinski definition) is 2. The standard InChI is InChI=1S/C63H48N2Si/c1-45-39-41-49(64-57-33-17-15-31-55(57)63(47-23-7-3-8-24-47,48-25-9-4-10-26-48)56-32-16-18-34-58(56)64)43-53(45)54-44-50(42-40-46(54)2)65-59-35-19-21-37-61(59)66(51-27-11-5-12-28-51,52-29-13-6-14-30-52)62-38-22-20-36-60(62)65/h3-44H,1-2H3. The van der Waals surface area contributed by atoms with E-state index in [-0.39, 0.29) is 0 Å². The van der Waals surface area contributed by atoms with Crippen LogP contribution in [-0.2, 0) is 5.41 Å². The van der Waals surface area contributed by atoms with Gasteiger partial charge in [-0.25, -0.2) is 0 Å². The van der Waals surface area contributed by atoms with Crippen molar-refractivity contribution in [2.24, 2.45) is 0 Å². The molecule has 0 saturated carbocycles. The first-order chi connectivity index (χ1) is 32.6. The molecule has 10 aromatic rings. The van der Waals surface area contributed by atoms with E-state index in [2.05, 4.69) is 278 Å². The van der Waals surface area contributed by atoms with Crippen molar-refractivity contribution >= 4 is 62.9 Å². The molecule has 10 aromatic carbocycles. The van der Waals surface area contributed by atoms with E-state index < -0.39 is 13.5 Å². The van der Waals surface area contributed by atoms with Gasteiger partial charge in [-0.3, -0.25) is 0 Å². The molecular formula is C63H48N2Si. The SMILES string of the molecule is Cc1ccc(N2c3ccccc3C(c3ccccc3)(c3ccccc3)c3ccccc32)cc1-c1cc(N2c3ccccc3[Si](c3ccccc3)(c3ccccc3)c3ccccc32)ccc1C. The minimum atomic E-state index is -2.73. The largest absolute Gasteiger partial charge is 0.311 e. The molecule has 0 radical (unpaired) electrons. The summed E-state index contributed by atoms with van der Waals surface area (Å²) in [5.41, 5.74) is 16.5. The topological polar surface area (TPSA) is 6.48 Å². The quantitative estimate of drug-likeness (QED) is 0.147. The molecular weight excluding hydrogens is 813 g/mol. The third-order valence-corrected chi connectivity index (χ3v) is 19.1. The fraction of sp³-hybridized carbons (Fsp3) is 0.0476. The molecule has 0 unspecified atom stereocenters. The Labute approximate surface area is 389 Å². The van der Waals surface area contributed by atoms with Crippen LogP contribution in [0.5, 0.6) is 0 Å². The lowest BCUT2D eigenvalue weighted by atomic mass is 9.62. The third kappa shape index (κ3) is 5.87. The molecule has 314 valence electrons. The summed E-state index contributed by atoms with van der Waals surface area (Å²) in [6, 6.07) is 95.1. The first-order valence-electron chi connectivity index (χ1n) is 23.0. The summed E-state index contributed by atoms with van der Waals surface area (Å²) >= 11 is 0. The second kappa shape index (κ2) is 15.9. The van der Waals surface area contributed by atoms with Gasteiger partial charge in [-0.05, 0) is 128 Å². The molecule has 66 heavy (non-hydrogen) atoms. The van der Waals surface area contributed by atoms with E-state index in [9.17, 15) is 0 Å². The molecule has 0 saturated heterocycles. The fourth-order valence-corrected chi connectivity index (χ4v) is 16.6. The van der Waals surface area contributed by atoms with E-state index in [4.69, 9.17) is 0 Å². The van der Waals surface area contributed by atoms with Crippen LogP contribution >= 0.6 is 0 Å². The highest BCUT2D eigenvalue weighted by Gasteiger charge is 2.49. The Morgan fingerprint density at radius 2 is 0.652 bits per heavy atom. The van der Waals surface area contributed by atoms with E-state index >= 15 is 0 Å². The lowest BCUT2D eigenvalue weighted by Gasteiger charge is -2.46. The molecule has 0 aromatic heterocycles. The van der Waals surface area contributed by atoms with Crippen LogP contribution in [0.2, 0.25) is 0 Å². The van der Waals surface area contributed by atoms with Crippen LogP contribution < -0.4 is 30.5 Å². The fourth-order valence-electron chi connectivity index (χ4n) is 11.5. The van der Waals surface area contributed by atoms with Gasteiger partial charge >= 0.3 is 0 Å². The number of benzene rings is 10. The number of aryl methyl sites for hydroxylation is 2. The van der Waals surface area contributed by atoms with Gasteiger partial charge in [0.25, 0.3) is 0 Å². The van der Waals surface area contributed by atoms with Crippen molar-refractivity contribution in [1.82, 2.24) is 0 Å². The van der Waals surface area contributed by atoms with Crippen molar-refractivity contribution in [2.75, 3.05) is 9.80 Å². The number of rotatable bonds is 7. The maximum atomic E-state index is 2.52. The zero-order valence-corrected chi connectivity index (χ0v) is 38.1. The molecule has 0 N–H and O–H groups in total. The lowest BCUT2D eigenvalue weighted by molar-refractivity contribution is 0.731. The molecule has 0 fully saturated rings. The van der Waals surface area contributed by atoms with Crippen molar-refractivity contribution < 1.29 is 0 Å². The molecule has 0 amide bonds. The van der Waals surface area contributed by atoms with E-state index in [0.717, 1.165) is 11.4 Å². The van der Waals surface area contributed by atoms with Crippen LogP contribution in [-0.4, -0.2) is 8.07 Å².